The van der Waals surface area contributed by atoms with Crippen molar-refractivity contribution in [3.63, 3.8) is 0 Å². The number of hydrogen-bond acceptors (Lipinski definition) is 4. The van der Waals surface area contributed by atoms with Crippen LogP contribution in [-0.4, -0.2) is 40.1 Å². The molecule has 7 heteroatoms. The molecule has 1 fully saturated rings. The van der Waals surface area contributed by atoms with Gasteiger partial charge in [0.05, 0.1) is 12.2 Å². The average molecular weight is 316 g/mol. The molecule has 2 amide bonds. The van der Waals surface area contributed by atoms with Crippen molar-refractivity contribution in [1.82, 2.24) is 14.9 Å². The maximum absolute atomic E-state index is 13.6. The Morgan fingerprint density at radius 3 is 3.00 bits per heavy atom. The third-order valence-electron chi connectivity index (χ3n) is 3.62. The van der Waals surface area contributed by atoms with Crippen molar-refractivity contribution >= 4 is 11.7 Å². The number of ether oxygens (including phenoxy) is 1. The van der Waals surface area contributed by atoms with Gasteiger partial charge in [0.2, 0.25) is 5.88 Å². The molecule has 0 radical (unpaired) electrons. The minimum atomic E-state index is -0.452. The van der Waals surface area contributed by atoms with Crippen LogP contribution >= 0.6 is 0 Å². The lowest BCUT2D eigenvalue weighted by Gasteiger charge is -2.32. The number of halogens is 1. The maximum Gasteiger partial charge on any atom is 0.322 e. The standard InChI is InChI=1S/C16H17FN4O2/c17-13-5-1-2-6-14(13)20-16(22)21-9-3-4-12(10-21)23-15-7-8-18-11-19-15/h1-2,5-8,11-12H,3-4,9-10H2,(H,20,22). The van der Waals surface area contributed by atoms with Gasteiger partial charge in [-0.15, -0.1) is 0 Å². The molecule has 1 aliphatic heterocycles. The van der Waals surface area contributed by atoms with E-state index in [1.807, 2.05) is 0 Å². The fourth-order valence-corrected chi connectivity index (χ4v) is 2.49. The fourth-order valence-electron chi connectivity index (χ4n) is 2.49. The van der Waals surface area contributed by atoms with E-state index in [0.29, 0.717) is 19.0 Å². The third-order valence-corrected chi connectivity index (χ3v) is 3.62. The number of piperidine rings is 1. The van der Waals surface area contributed by atoms with Gasteiger partial charge in [-0.3, -0.25) is 0 Å². The Morgan fingerprint density at radius 2 is 2.22 bits per heavy atom. The van der Waals surface area contributed by atoms with Crippen molar-refractivity contribution in [2.45, 2.75) is 18.9 Å². The van der Waals surface area contributed by atoms with Crippen molar-refractivity contribution in [2.24, 2.45) is 0 Å². The van der Waals surface area contributed by atoms with Gasteiger partial charge in [-0.25, -0.2) is 19.2 Å². The number of amides is 2. The van der Waals surface area contributed by atoms with E-state index in [4.69, 9.17) is 4.74 Å². The Hall–Kier alpha value is -2.70. The number of nitrogens with one attached hydrogen (secondary N) is 1. The number of nitrogens with zero attached hydrogens (tertiary/aromatic N) is 3. The summed E-state index contributed by atoms with van der Waals surface area (Å²) in [5, 5.41) is 2.60. The van der Waals surface area contributed by atoms with Gasteiger partial charge in [0.15, 0.2) is 0 Å². The molecular weight excluding hydrogens is 299 g/mol. The van der Waals surface area contributed by atoms with E-state index in [1.165, 1.54) is 18.5 Å². The summed E-state index contributed by atoms with van der Waals surface area (Å²) in [7, 11) is 0. The second-order valence-corrected chi connectivity index (χ2v) is 5.29. The van der Waals surface area contributed by atoms with E-state index in [-0.39, 0.29) is 17.8 Å². The van der Waals surface area contributed by atoms with Crippen LogP contribution in [0.2, 0.25) is 0 Å². The van der Waals surface area contributed by atoms with Gasteiger partial charge in [-0.2, -0.15) is 0 Å². The van der Waals surface area contributed by atoms with Crippen LogP contribution in [0.1, 0.15) is 12.8 Å². The number of likely N-dealkylation sites (tertiary alicyclic amines) is 1. The highest BCUT2D eigenvalue weighted by molar-refractivity contribution is 5.89. The summed E-state index contributed by atoms with van der Waals surface area (Å²) >= 11 is 0. The molecule has 3 rings (SSSR count). The van der Waals surface area contributed by atoms with Crippen LogP contribution in [0.3, 0.4) is 0 Å². The van der Waals surface area contributed by atoms with Crippen LogP contribution in [0.25, 0.3) is 0 Å². The van der Waals surface area contributed by atoms with E-state index < -0.39 is 5.82 Å². The molecule has 0 bridgehead atoms. The summed E-state index contributed by atoms with van der Waals surface area (Å²) < 4.78 is 19.4. The third kappa shape index (κ3) is 3.94. The number of anilines is 1. The first-order valence-electron chi connectivity index (χ1n) is 7.45. The summed E-state index contributed by atoms with van der Waals surface area (Å²) in [5.74, 6) is 0.0352. The molecule has 1 aromatic carbocycles. The first-order valence-corrected chi connectivity index (χ1v) is 7.45. The van der Waals surface area contributed by atoms with Crippen LogP contribution in [0.4, 0.5) is 14.9 Å². The zero-order valence-corrected chi connectivity index (χ0v) is 12.5. The van der Waals surface area contributed by atoms with Crippen LogP contribution < -0.4 is 10.1 Å². The van der Waals surface area contributed by atoms with Crippen LogP contribution in [0.15, 0.2) is 42.9 Å². The van der Waals surface area contributed by atoms with E-state index in [2.05, 4.69) is 15.3 Å². The van der Waals surface area contributed by atoms with E-state index in [1.54, 1.807) is 29.3 Å². The first-order chi connectivity index (χ1) is 11.2. The lowest BCUT2D eigenvalue weighted by atomic mass is 10.1. The maximum atomic E-state index is 13.6. The fraction of sp³-hybridized carbons (Fsp3) is 0.312. The van der Waals surface area contributed by atoms with Crippen LogP contribution in [-0.2, 0) is 0 Å². The highest BCUT2D eigenvalue weighted by Crippen LogP contribution is 2.18. The molecule has 1 saturated heterocycles. The second kappa shape index (κ2) is 7.04. The SMILES string of the molecule is O=C(Nc1ccccc1F)N1CCCC(Oc2ccncn2)C1. The Labute approximate surface area is 133 Å². The molecule has 1 aliphatic rings. The van der Waals surface area contributed by atoms with Crippen LogP contribution in [0.5, 0.6) is 5.88 Å². The number of para-hydroxylation sites is 1. The summed E-state index contributed by atoms with van der Waals surface area (Å²) in [5.41, 5.74) is 0.177. The van der Waals surface area contributed by atoms with Gasteiger partial charge in [-0.1, -0.05) is 12.1 Å². The van der Waals surface area contributed by atoms with E-state index in [9.17, 15) is 9.18 Å². The summed E-state index contributed by atoms with van der Waals surface area (Å²) in [6, 6.07) is 7.45. The molecule has 0 aliphatic carbocycles. The van der Waals surface area contributed by atoms with Crippen molar-refractivity contribution in [1.29, 1.82) is 0 Å². The zero-order valence-electron chi connectivity index (χ0n) is 12.5. The lowest BCUT2D eigenvalue weighted by molar-refractivity contribution is 0.102. The molecular formula is C16H17FN4O2. The van der Waals surface area contributed by atoms with Crippen LogP contribution in [0, 0.1) is 5.82 Å². The molecule has 1 aromatic heterocycles. The van der Waals surface area contributed by atoms with Gasteiger partial charge < -0.3 is 15.0 Å². The Morgan fingerprint density at radius 1 is 1.35 bits per heavy atom. The summed E-state index contributed by atoms with van der Waals surface area (Å²) in [6.07, 6.45) is 4.55. The molecule has 1 N–H and O–H groups in total. The number of aromatic nitrogens is 2. The number of carbonyl (C=O) groups excluding carboxylic acids is 1. The van der Waals surface area contributed by atoms with Gasteiger partial charge in [-0.05, 0) is 25.0 Å². The molecule has 1 unspecified atom stereocenters. The van der Waals surface area contributed by atoms with E-state index >= 15 is 0 Å². The molecule has 2 aromatic rings. The smallest absolute Gasteiger partial charge is 0.322 e. The summed E-state index contributed by atoms with van der Waals surface area (Å²) in [6.45, 7) is 1.05. The molecule has 120 valence electrons. The number of hydrogen-bond donors (Lipinski definition) is 1. The van der Waals surface area contributed by atoms with E-state index in [0.717, 1.165) is 12.8 Å². The molecule has 23 heavy (non-hydrogen) atoms. The summed E-state index contributed by atoms with van der Waals surface area (Å²) in [4.78, 5) is 21.8. The normalized spacial score (nSPS) is 17.6. The van der Waals surface area contributed by atoms with Crippen molar-refractivity contribution < 1.29 is 13.9 Å². The van der Waals surface area contributed by atoms with Gasteiger partial charge in [0.25, 0.3) is 0 Å². The Balaban J connectivity index is 1.59. The molecule has 0 spiro atoms. The average Bonchev–Trinajstić information content (AvgIpc) is 2.58. The Bertz CT molecular complexity index is 668. The molecule has 1 atom stereocenters. The largest absolute Gasteiger partial charge is 0.472 e. The van der Waals surface area contributed by atoms with Gasteiger partial charge >= 0.3 is 6.03 Å². The molecule has 2 heterocycles. The minimum absolute atomic E-state index is 0.134. The number of carbonyl (C=O) groups is 1. The lowest BCUT2D eigenvalue weighted by Crippen LogP contribution is -2.46. The van der Waals surface area contributed by atoms with Crippen molar-refractivity contribution in [2.75, 3.05) is 18.4 Å². The Kier molecular flexibility index (Phi) is 4.65. The quantitative estimate of drug-likeness (QED) is 0.945. The van der Waals surface area contributed by atoms with Gasteiger partial charge in [0, 0.05) is 18.8 Å². The number of rotatable bonds is 3. The second-order valence-electron chi connectivity index (χ2n) is 5.29. The highest BCUT2D eigenvalue weighted by Gasteiger charge is 2.25. The topological polar surface area (TPSA) is 67.4 Å². The zero-order chi connectivity index (χ0) is 16.1. The highest BCUT2D eigenvalue weighted by atomic mass is 19.1. The first kappa shape index (κ1) is 15.2. The van der Waals surface area contributed by atoms with Crippen molar-refractivity contribution in [3.8, 4) is 5.88 Å². The predicted molar refractivity (Wildman–Crippen MR) is 82.7 cm³/mol. The molecule has 0 saturated carbocycles. The predicted octanol–water partition coefficient (Wildman–Crippen LogP) is 2.69. The number of benzene rings is 1. The monoisotopic (exact) mass is 316 g/mol. The van der Waals surface area contributed by atoms with Gasteiger partial charge in [0.1, 0.15) is 18.2 Å². The minimum Gasteiger partial charge on any atom is -0.472 e. The molecule has 6 nitrogen and oxygen atoms in total. The van der Waals surface area contributed by atoms with Crippen molar-refractivity contribution in [3.05, 3.63) is 48.7 Å². The number of urea groups is 1.